The van der Waals surface area contributed by atoms with E-state index in [1.807, 2.05) is 49.6 Å². The smallest absolute Gasteiger partial charge is 0.287 e. The zero-order chi connectivity index (χ0) is 16.7. The molecule has 4 nitrogen and oxygen atoms in total. The molecule has 2 aromatic heterocycles. The van der Waals surface area contributed by atoms with Crippen molar-refractivity contribution in [2.45, 2.75) is 20.4 Å². The standard InChI is InChI=1S/C19H16N2O2S/c1-11-15-8-7-13-5-3-4-6-16(13)18(15)23-17(11)19(22)20-9-14-10-24-12(2)21-14/h3-8,10H,9H2,1-2H3,(H,20,22). The molecule has 2 heterocycles. The zero-order valence-corrected chi connectivity index (χ0v) is 14.2. The number of hydrogen-bond donors (Lipinski definition) is 1. The van der Waals surface area contributed by atoms with Crippen molar-refractivity contribution in [3.05, 3.63) is 63.8 Å². The summed E-state index contributed by atoms with van der Waals surface area (Å²) >= 11 is 1.57. The number of aromatic nitrogens is 1. The van der Waals surface area contributed by atoms with Crippen molar-refractivity contribution in [3.63, 3.8) is 0 Å². The average Bonchev–Trinajstić information content (AvgIpc) is 3.16. The number of carbonyl (C=O) groups is 1. The Hall–Kier alpha value is -2.66. The highest BCUT2D eigenvalue weighted by molar-refractivity contribution is 7.09. The SMILES string of the molecule is Cc1nc(CNC(=O)c2oc3c(ccc4ccccc43)c2C)cs1. The van der Waals surface area contributed by atoms with E-state index in [0.29, 0.717) is 12.3 Å². The molecule has 0 saturated carbocycles. The van der Waals surface area contributed by atoms with Gasteiger partial charge in [-0.05, 0) is 19.2 Å². The largest absolute Gasteiger partial charge is 0.450 e. The lowest BCUT2D eigenvalue weighted by Crippen LogP contribution is -2.23. The van der Waals surface area contributed by atoms with E-state index >= 15 is 0 Å². The van der Waals surface area contributed by atoms with Crippen molar-refractivity contribution < 1.29 is 9.21 Å². The van der Waals surface area contributed by atoms with E-state index in [1.165, 1.54) is 0 Å². The molecule has 5 heteroatoms. The van der Waals surface area contributed by atoms with Crippen LogP contribution in [0.15, 0.2) is 46.2 Å². The molecule has 0 aliphatic rings. The Kier molecular flexibility index (Phi) is 3.58. The molecule has 120 valence electrons. The van der Waals surface area contributed by atoms with Crippen LogP contribution in [0.5, 0.6) is 0 Å². The van der Waals surface area contributed by atoms with Crippen LogP contribution in [0, 0.1) is 13.8 Å². The number of amides is 1. The molecule has 0 fully saturated rings. The van der Waals surface area contributed by atoms with Gasteiger partial charge in [0.25, 0.3) is 5.91 Å². The summed E-state index contributed by atoms with van der Waals surface area (Å²) in [6.07, 6.45) is 0. The van der Waals surface area contributed by atoms with Crippen molar-refractivity contribution >= 4 is 39.0 Å². The molecule has 0 atom stereocenters. The topological polar surface area (TPSA) is 55.1 Å². The molecule has 0 saturated heterocycles. The maximum atomic E-state index is 12.5. The van der Waals surface area contributed by atoms with E-state index in [0.717, 1.165) is 38.0 Å². The number of hydrogen-bond acceptors (Lipinski definition) is 4. The van der Waals surface area contributed by atoms with Gasteiger partial charge >= 0.3 is 0 Å². The second-order valence-electron chi connectivity index (χ2n) is 5.76. The molecular weight excluding hydrogens is 320 g/mol. The van der Waals surface area contributed by atoms with Gasteiger partial charge in [0, 0.05) is 21.7 Å². The molecule has 4 aromatic rings. The lowest BCUT2D eigenvalue weighted by molar-refractivity contribution is 0.0924. The molecule has 4 rings (SSSR count). The number of furan rings is 1. The molecule has 0 aliphatic heterocycles. The third-order valence-electron chi connectivity index (χ3n) is 4.13. The predicted octanol–water partition coefficient (Wildman–Crippen LogP) is 4.59. The summed E-state index contributed by atoms with van der Waals surface area (Å²) in [4.78, 5) is 16.9. The van der Waals surface area contributed by atoms with Gasteiger partial charge in [-0.2, -0.15) is 0 Å². The highest BCUT2D eigenvalue weighted by Crippen LogP contribution is 2.31. The Morgan fingerprint density at radius 3 is 2.79 bits per heavy atom. The van der Waals surface area contributed by atoms with Gasteiger partial charge in [0.05, 0.1) is 17.2 Å². The number of rotatable bonds is 3. The number of benzene rings is 2. The maximum Gasteiger partial charge on any atom is 0.287 e. The van der Waals surface area contributed by atoms with E-state index in [1.54, 1.807) is 11.3 Å². The van der Waals surface area contributed by atoms with Crippen LogP contribution in [0.25, 0.3) is 21.7 Å². The number of thiazole rings is 1. The molecule has 24 heavy (non-hydrogen) atoms. The van der Waals surface area contributed by atoms with Crippen LogP contribution in [0.4, 0.5) is 0 Å². The Balaban J connectivity index is 1.69. The summed E-state index contributed by atoms with van der Waals surface area (Å²) in [6, 6.07) is 12.1. The van der Waals surface area contributed by atoms with E-state index in [-0.39, 0.29) is 5.91 Å². The minimum atomic E-state index is -0.210. The lowest BCUT2D eigenvalue weighted by Gasteiger charge is -2.01. The number of nitrogens with zero attached hydrogens (tertiary/aromatic N) is 1. The fraction of sp³-hybridized carbons (Fsp3) is 0.158. The summed E-state index contributed by atoms with van der Waals surface area (Å²) in [5.74, 6) is 0.159. The second-order valence-corrected chi connectivity index (χ2v) is 6.82. The van der Waals surface area contributed by atoms with Gasteiger partial charge in [-0.3, -0.25) is 4.79 Å². The third kappa shape index (κ3) is 2.47. The number of carbonyl (C=O) groups excluding carboxylic acids is 1. The number of aryl methyl sites for hydroxylation is 2. The van der Waals surface area contributed by atoms with Gasteiger partial charge in [0.2, 0.25) is 0 Å². The van der Waals surface area contributed by atoms with Crippen LogP contribution in [0.3, 0.4) is 0 Å². The van der Waals surface area contributed by atoms with Crippen LogP contribution in [0.1, 0.15) is 26.8 Å². The molecular formula is C19H16N2O2S. The number of fused-ring (bicyclic) bond motifs is 3. The highest BCUT2D eigenvalue weighted by atomic mass is 32.1. The van der Waals surface area contributed by atoms with Gasteiger partial charge in [-0.1, -0.05) is 36.4 Å². The fourth-order valence-corrected chi connectivity index (χ4v) is 3.52. The lowest BCUT2D eigenvalue weighted by atomic mass is 10.1. The molecule has 1 N–H and O–H groups in total. The Morgan fingerprint density at radius 2 is 2.00 bits per heavy atom. The zero-order valence-electron chi connectivity index (χ0n) is 13.4. The highest BCUT2D eigenvalue weighted by Gasteiger charge is 2.19. The first-order chi connectivity index (χ1) is 11.6. The van der Waals surface area contributed by atoms with E-state index in [9.17, 15) is 4.79 Å². The number of nitrogens with one attached hydrogen (secondary N) is 1. The van der Waals surface area contributed by atoms with Crippen molar-refractivity contribution in [1.29, 1.82) is 0 Å². The van der Waals surface area contributed by atoms with Crippen LogP contribution < -0.4 is 5.32 Å². The minimum Gasteiger partial charge on any atom is -0.450 e. The van der Waals surface area contributed by atoms with Gasteiger partial charge in [0.1, 0.15) is 5.58 Å². The van der Waals surface area contributed by atoms with Crippen molar-refractivity contribution in [2.24, 2.45) is 0 Å². The Morgan fingerprint density at radius 1 is 1.17 bits per heavy atom. The van der Waals surface area contributed by atoms with E-state index in [2.05, 4.69) is 16.4 Å². The van der Waals surface area contributed by atoms with Crippen LogP contribution in [-0.2, 0) is 6.54 Å². The van der Waals surface area contributed by atoms with Crippen LogP contribution >= 0.6 is 11.3 Å². The molecule has 0 unspecified atom stereocenters. The van der Waals surface area contributed by atoms with E-state index < -0.39 is 0 Å². The summed E-state index contributed by atoms with van der Waals surface area (Å²) in [5, 5.41) is 8.93. The molecule has 0 bridgehead atoms. The molecule has 0 aliphatic carbocycles. The Bertz CT molecular complexity index is 1060. The minimum absolute atomic E-state index is 0.210. The normalized spacial score (nSPS) is 11.2. The monoisotopic (exact) mass is 336 g/mol. The molecule has 0 spiro atoms. The first-order valence-electron chi connectivity index (χ1n) is 7.73. The fourth-order valence-electron chi connectivity index (χ4n) is 2.91. The maximum absolute atomic E-state index is 12.5. The molecule has 0 radical (unpaired) electrons. The second kappa shape index (κ2) is 5.76. The van der Waals surface area contributed by atoms with Gasteiger partial charge in [-0.15, -0.1) is 11.3 Å². The molecule has 2 aromatic carbocycles. The summed E-state index contributed by atoms with van der Waals surface area (Å²) < 4.78 is 5.94. The predicted molar refractivity (Wildman–Crippen MR) is 96.5 cm³/mol. The summed E-state index contributed by atoms with van der Waals surface area (Å²) in [7, 11) is 0. The average molecular weight is 336 g/mol. The van der Waals surface area contributed by atoms with Crippen molar-refractivity contribution in [2.75, 3.05) is 0 Å². The van der Waals surface area contributed by atoms with E-state index in [4.69, 9.17) is 4.42 Å². The third-order valence-corrected chi connectivity index (χ3v) is 4.95. The first kappa shape index (κ1) is 14.9. The van der Waals surface area contributed by atoms with Crippen molar-refractivity contribution in [1.82, 2.24) is 10.3 Å². The summed E-state index contributed by atoms with van der Waals surface area (Å²) in [5.41, 5.74) is 2.49. The summed E-state index contributed by atoms with van der Waals surface area (Å²) in [6.45, 7) is 4.27. The van der Waals surface area contributed by atoms with Gasteiger partial charge in [0.15, 0.2) is 5.76 Å². The van der Waals surface area contributed by atoms with Crippen LogP contribution in [-0.4, -0.2) is 10.9 Å². The molecule has 1 amide bonds. The Labute approximate surface area is 143 Å². The van der Waals surface area contributed by atoms with Crippen LogP contribution in [0.2, 0.25) is 0 Å². The van der Waals surface area contributed by atoms with Crippen molar-refractivity contribution in [3.8, 4) is 0 Å². The quantitative estimate of drug-likeness (QED) is 0.595. The van der Waals surface area contributed by atoms with Gasteiger partial charge < -0.3 is 9.73 Å². The van der Waals surface area contributed by atoms with Gasteiger partial charge in [-0.25, -0.2) is 4.98 Å². The first-order valence-corrected chi connectivity index (χ1v) is 8.61.